The summed E-state index contributed by atoms with van der Waals surface area (Å²) in [4.78, 5) is 12.0. The van der Waals surface area contributed by atoms with E-state index in [0.717, 1.165) is 16.8 Å². The number of anilines is 2. The molecule has 6 heteroatoms. The van der Waals surface area contributed by atoms with Crippen molar-refractivity contribution in [2.75, 3.05) is 5.32 Å². The molecule has 1 aromatic carbocycles. The summed E-state index contributed by atoms with van der Waals surface area (Å²) < 4.78 is 5.17. The zero-order chi connectivity index (χ0) is 16.9. The van der Waals surface area contributed by atoms with Crippen molar-refractivity contribution in [3.63, 3.8) is 0 Å². The molecule has 0 aliphatic rings. The molecule has 2 heterocycles. The monoisotopic (exact) mass is 322 g/mol. The van der Waals surface area contributed by atoms with Gasteiger partial charge in [0.25, 0.3) is 5.91 Å². The number of hydrogen-bond acceptors (Lipinski definition) is 5. The van der Waals surface area contributed by atoms with Crippen molar-refractivity contribution in [2.45, 2.75) is 20.4 Å². The highest BCUT2D eigenvalue weighted by Gasteiger charge is 2.09. The Morgan fingerprint density at radius 2 is 1.83 bits per heavy atom. The van der Waals surface area contributed by atoms with Gasteiger partial charge in [0.15, 0.2) is 11.5 Å². The van der Waals surface area contributed by atoms with Crippen molar-refractivity contribution in [2.24, 2.45) is 0 Å². The second-order valence-corrected chi connectivity index (χ2v) is 5.46. The molecule has 3 rings (SSSR count). The summed E-state index contributed by atoms with van der Waals surface area (Å²) in [6.45, 7) is 4.37. The standard InChI is InChI=1S/C18H18N4O2/c1-12-5-3-6-13(2)17(12)20-16-9-8-15(21-22-16)18(23)19-11-14-7-4-10-24-14/h3-10H,11H2,1-2H3,(H,19,23)(H,20,22). The lowest BCUT2D eigenvalue weighted by atomic mass is 10.1. The molecule has 0 saturated carbocycles. The minimum absolute atomic E-state index is 0.258. The zero-order valence-corrected chi connectivity index (χ0v) is 13.5. The van der Waals surface area contributed by atoms with Crippen LogP contribution < -0.4 is 10.6 Å². The molecule has 0 aliphatic heterocycles. The predicted octanol–water partition coefficient (Wildman–Crippen LogP) is 3.36. The van der Waals surface area contributed by atoms with Crippen LogP contribution >= 0.6 is 0 Å². The van der Waals surface area contributed by atoms with Gasteiger partial charge in [-0.25, -0.2) is 0 Å². The number of amides is 1. The molecule has 1 amide bonds. The van der Waals surface area contributed by atoms with Crippen molar-refractivity contribution in [1.29, 1.82) is 0 Å². The molecule has 0 saturated heterocycles. The van der Waals surface area contributed by atoms with Gasteiger partial charge in [0.05, 0.1) is 12.8 Å². The summed E-state index contributed by atoms with van der Waals surface area (Å²) in [6, 6.07) is 13.0. The Morgan fingerprint density at radius 3 is 2.46 bits per heavy atom. The maximum Gasteiger partial charge on any atom is 0.272 e. The van der Waals surface area contributed by atoms with E-state index in [-0.39, 0.29) is 11.6 Å². The number of para-hydroxylation sites is 1. The molecule has 2 aromatic heterocycles. The first-order valence-corrected chi connectivity index (χ1v) is 7.61. The van der Waals surface area contributed by atoms with Crippen molar-refractivity contribution in [3.05, 3.63) is 71.3 Å². The van der Waals surface area contributed by atoms with Crippen LogP contribution in [0.25, 0.3) is 0 Å². The van der Waals surface area contributed by atoms with Gasteiger partial charge in [-0.05, 0) is 49.2 Å². The van der Waals surface area contributed by atoms with Crippen LogP contribution in [0.2, 0.25) is 0 Å². The lowest BCUT2D eigenvalue weighted by molar-refractivity contribution is 0.0942. The Hall–Kier alpha value is -3.15. The average Bonchev–Trinajstić information content (AvgIpc) is 3.10. The minimum atomic E-state index is -0.294. The van der Waals surface area contributed by atoms with Gasteiger partial charge in [0.1, 0.15) is 5.76 Å². The molecular weight excluding hydrogens is 304 g/mol. The van der Waals surface area contributed by atoms with Gasteiger partial charge < -0.3 is 15.1 Å². The normalized spacial score (nSPS) is 10.4. The van der Waals surface area contributed by atoms with Crippen LogP contribution in [0.3, 0.4) is 0 Å². The molecule has 0 atom stereocenters. The Morgan fingerprint density at radius 1 is 1.04 bits per heavy atom. The van der Waals surface area contributed by atoms with Gasteiger partial charge in [-0.2, -0.15) is 0 Å². The predicted molar refractivity (Wildman–Crippen MR) is 91.1 cm³/mol. The topological polar surface area (TPSA) is 80.0 Å². The van der Waals surface area contributed by atoms with Crippen molar-refractivity contribution in [3.8, 4) is 0 Å². The van der Waals surface area contributed by atoms with Crippen LogP contribution in [0.4, 0.5) is 11.5 Å². The van der Waals surface area contributed by atoms with Crippen LogP contribution in [0.1, 0.15) is 27.4 Å². The van der Waals surface area contributed by atoms with Crippen LogP contribution in [-0.4, -0.2) is 16.1 Å². The number of nitrogens with one attached hydrogen (secondary N) is 2. The lowest BCUT2D eigenvalue weighted by Gasteiger charge is -2.11. The SMILES string of the molecule is Cc1cccc(C)c1Nc1ccc(C(=O)NCc2ccco2)nn1. The fourth-order valence-electron chi connectivity index (χ4n) is 2.33. The molecule has 24 heavy (non-hydrogen) atoms. The average molecular weight is 322 g/mol. The van der Waals surface area contributed by atoms with E-state index in [0.29, 0.717) is 18.1 Å². The van der Waals surface area contributed by atoms with Crippen molar-refractivity contribution >= 4 is 17.4 Å². The fourth-order valence-corrected chi connectivity index (χ4v) is 2.33. The minimum Gasteiger partial charge on any atom is -0.467 e. The van der Waals surface area contributed by atoms with E-state index in [2.05, 4.69) is 20.8 Å². The highest BCUT2D eigenvalue weighted by atomic mass is 16.3. The summed E-state index contributed by atoms with van der Waals surface area (Å²) in [7, 11) is 0. The molecule has 0 radical (unpaired) electrons. The molecule has 6 nitrogen and oxygen atoms in total. The number of carbonyl (C=O) groups is 1. The van der Waals surface area contributed by atoms with Gasteiger partial charge in [0.2, 0.25) is 0 Å². The molecule has 0 aliphatic carbocycles. The van der Waals surface area contributed by atoms with Crippen LogP contribution in [-0.2, 0) is 6.54 Å². The summed E-state index contributed by atoms with van der Waals surface area (Å²) >= 11 is 0. The third-order valence-electron chi connectivity index (χ3n) is 3.63. The smallest absolute Gasteiger partial charge is 0.272 e. The van der Waals surface area contributed by atoms with Gasteiger partial charge in [-0.3, -0.25) is 4.79 Å². The van der Waals surface area contributed by atoms with Gasteiger partial charge in [-0.1, -0.05) is 18.2 Å². The van der Waals surface area contributed by atoms with E-state index in [1.807, 2.05) is 32.0 Å². The van der Waals surface area contributed by atoms with E-state index in [9.17, 15) is 4.79 Å². The highest BCUT2D eigenvalue weighted by molar-refractivity contribution is 5.92. The fraction of sp³-hybridized carbons (Fsp3) is 0.167. The van der Waals surface area contributed by atoms with Gasteiger partial charge >= 0.3 is 0 Å². The van der Waals surface area contributed by atoms with Crippen LogP contribution in [0.5, 0.6) is 0 Å². The molecule has 0 fully saturated rings. The van der Waals surface area contributed by atoms with E-state index in [1.54, 1.807) is 30.5 Å². The lowest BCUT2D eigenvalue weighted by Crippen LogP contribution is -2.23. The van der Waals surface area contributed by atoms with E-state index < -0.39 is 0 Å². The molecular formula is C18H18N4O2. The van der Waals surface area contributed by atoms with Crippen molar-refractivity contribution in [1.82, 2.24) is 15.5 Å². The molecule has 3 aromatic rings. The van der Waals surface area contributed by atoms with Gasteiger partial charge in [-0.15, -0.1) is 10.2 Å². The number of aryl methyl sites for hydroxylation is 2. The molecule has 0 spiro atoms. The summed E-state index contributed by atoms with van der Waals surface area (Å²) in [6.07, 6.45) is 1.56. The Kier molecular flexibility index (Phi) is 4.56. The third kappa shape index (κ3) is 3.60. The number of hydrogen-bond donors (Lipinski definition) is 2. The molecule has 0 bridgehead atoms. The first-order valence-electron chi connectivity index (χ1n) is 7.61. The Balaban J connectivity index is 1.65. The number of benzene rings is 1. The zero-order valence-electron chi connectivity index (χ0n) is 13.5. The highest BCUT2D eigenvalue weighted by Crippen LogP contribution is 2.22. The summed E-state index contributed by atoms with van der Waals surface area (Å²) in [5, 5.41) is 14.0. The third-order valence-corrected chi connectivity index (χ3v) is 3.63. The van der Waals surface area contributed by atoms with E-state index in [4.69, 9.17) is 4.42 Å². The second-order valence-electron chi connectivity index (χ2n) is 5.46. The Bertz CT molecular complexity index is 806. The molecule has 2 N–H and O–H groups in total. The Labute approximate surface area is 139 Å². The second kappa shape index (κ2) is 6.95. The number of furan rings is 1. The summed E-state index contributed by atoms with van der Waals surface area (Å²) in [5.74, 6) is 0.983. The number of nitrogens with zero attached hydrogens (tertiary/aromatic N) is 2. The first kappa shape index (κ1) is 15.7. The van der Waals surface area contributed by atoms with E-state index >= 15 is 0 Å². The first-order chi connectivity index (χ1) is 11.6. The van der Waals surface area contributed by atoms with Crippen LogP contribution in [0.15, 0.2) is 53.1 Å². The maximum absolute atomic E-state index is 12.0. The number of aromatic nitrogens is 2. The molecule has 0 unspecified atom stereocenters. The quantitative estimate of drug-likeness (QED) is 0.753. The maximum atomic E-state index is 12.0. The van der Waals surface area contributed by atoms with Gasteiger partial charge in [0, 0.05) is 5.69 Å². The summed E-state index contributed by atoms with van der Waals surface area (Å²) in [5.41, 5.74) is 3.50. The van der Waals surface area contributed by atoms with Crippen molar-refractivity contribution < 1.29 is 9.21 Å². The number of rotatable bonds is 5. The number of carbonyl (C=O) groups excluding carboxylic acids is 1. The van der Waals surface area contributed by atoms with E-state index in [1.165, 1.54) is 0 Å². The molecule has 122 valence electrons. The largest absolute Gasteiger partial charge is 0.467 e. The van der Waals surface area contributed by atoms with Crippen LogP contribution in [0, 0.1) is 13.8 Å².